The minimum Gasteiger partial charge on any atom is -0.373 e. The van der Waals surface area contributed by atoms with Gasteiger partial charge in [-0.15, -0.1) is 0 Å². The van der Waals surface area contributed by atoms with Crippen LogP contribution in [-0.2, 0) is 14.8 Å². The van der Waals surface area contributed by atoms with Crippen molar-refractivity contribution < 1.29 is 17.9 Å². The second-order valence-corrected chi connectivity index (χ2v) is 10.0. The smallest absolute Gasteiger partial charge is 0.253 e. The Kier molecular flexibility index (Phi) is 7.32. The van der Waals surface area contributed by atoms with E-state index in [9.17, 15) is 13.2 Å². The Labute approximate surface area is 174 Å². The van der Waals surface area contributed by atoms with Crippen LogP contribution in [-0.4, -0.2) is 75.6 Å². The van der Waals surface area contributed by atoms with Crippen LogP contribution in [0.2, 0.25) is 0 Å². The Morgan fingerprint density at radius 3 is 2.45 bits per heavy atom. The lowest BCUT2D eigenvalue weighted by Gasteiger charge is -2.39. The number of hydrogen-bond donors (Lipinski definition) is 1. The number of sulfonamides is 1. The SMILES string of the molecule is CCNS(=O)(=O)c1cccc(C(=O)N2CCC(CN3CC(C)OC(C)C3)CC2)c1. The van der Waals surface area contributed by atoms with Gasteiger partial charge in [-0.05, 0) is 50.8 Å². The first-order chi connectivity index (χ1) is 13.8. The first-order valence-corrected chi connectivity index (χ1v) is 12.0. The molecule has 2 fully saturated rings. The average molecular weight is 424 g/mol. The summed E-state index contributed by atoms with van der Waals surface area (Å²) in [5, 5.41) is 0. The van der Waals surface area contributed by atoms with Gasteiger partial charge in [0.1, 0.15) is 0 Å². The predicted molar refractivity (Wildman–Crippen MR) is 112 cm³/mol. The molecule has 0 aromatic heterocycles. The summed E-state index contributed by atoms with van der Waals surface area (Å²) in [4.78, 5) is 17.4. The monoisotopic (exact) mass is 423 g/mol. The van der Waals surface area contributed by atoms with Crippen molar-refractivity contribution in [1.82, 2.24) is 14.5 Å². The Morgan fingerprint density at radius 1 is 1.17 bits per heavy atom. The molecule has 0 radical (unpaired) electrons. The van der Waals surface area contributed by atoms with Crippen LogP contribution in [0.5, 0.6) is 0 Å². The van der Waals surface area contributed by atoms with Gasteiger partial charge in [-0.2, -0.15) is 0 Å². The van der Waals surface area contributed by atoms with Gasteiger partial charge in [0.2, 0.25) is 10.0 Å². The van der Waals surface area contributed by atoms with Crippen LogP contribution in [0, 0.1) is 5.92 Å². The first-order valence-electron chi connectivity index (χ1n) is 10.5. The maximum atomic E-state index is 12.9. The highest BCUT2D eigenvalue weighted by Crippen LogP contribution is 2.23. The molecule has 2 aliphatic heterocycles. The maximum Gasteiger partial charge on any atom is 0.253 e. The topological polar surface area (TPSA) is 79.0 Å². The zero-order valence-corrected chi connectivity index (χ0v) is 18.5. The van der Waals surface area contributed by atoms with Gasteiger partial charge in [-0.25, -0.2) is 13.1 Å². The molecule has 1 aromatic rings. The zero-order valence-electron chi connectivity index (χ0n) is 17.6. The minimum absolute atomic E-state index is 0.0920. The molecule has 162 valence electrons. The van der Waals surface area contributed by atoms with E-state index in [-0.39, 0.29) is 23.0 Å². The molecule has 8 heteroatoms. The normalized spacial score (nSPS) is 24.6. The van der Waals surface area contributed by atoms with E-state index in [2.05, 4.69) is 23.5 Å². The summed E-state index contributed by atoms with van der Waals surface area (Å²) in [6.45, 7) is 10.7. The number of morpholine rings is 1. The zero-order chi connectivity index (χ0) is 21.0. The summed E-state index contributed by atoms with van der Waals surface area (Å²) in [5.41, 5.74) is 0.429. The molecule has 0 saturated carbocycles. The average Bonchev–Trinajstić information content (AvgIpc) is 2.67. The van der Waals surface area contributed by atoms with Crippen molar-refractivity contribution in [3.63, 3.8) is 0 Å². The number of carbonyl (C=O) groups excluding carboxylic acids is 1. The van der Waals surface area contributed by atoms with Gasteiger partial charge in [0.25, 0.3) is 5.91 Å². The van der Waals surface area contributed by atoms with Crippen LogP contribution in [0.25, 0.3) is 0 Å². The summed E-state index contributed by atoms with van der Waals surface area (Å²) in [6.07, 6.45) is 2.49. The second-order valence-electron chi connectivity index (χ2n) is 8.24. The van der Waals surface area contributed by atoms with E-state index < -0.39 is 10.0 Å². The highest BCUT2D eigenvalue weighted by atomic mass is 32.2. The highest BCUT2D eigenvalue weighted by molar-refractivity contribution is 7.89. The van der Waals surface area contributed by atoms with Gasteiger partial charge in [-0.1, -0.05) is 13.0 Å². The second kappa shape index (κ2) is 9.55. The van der Waals surface area contributed by atoms with Gasteiger partial charge in [-0.3, -0.25) is 9.69 Å². The molecule has 1 amide bonds. The molecule has 7 nitrogen and oxygen atoms in total. The number of rotatable bonds is 6. The summed E-state index contributed by atoms with van der Waals surface area (Å²) in [5.74, 6) is 0.489. The number of ether oxygens (including phenoxy) is 1. The van der Waals surface area contributed by atoms with E-state index >= 15 is 0 Å². The number of nitrogens with zero attached hydrogens (tertiary/aromatic N) is 2. The fraction of sp³-hybridized carbons (Fsp3) is 0.667. The molecule has 0 aliphatic carbocycles. The van der Waals surface area contributed by atoms with Crippen molar-refractivity contribution in [1.29, 1.82) is 0 Å². The van der Waals surface area contributed by atoms with E-state index in [0.29, 0.717) is 31.1 Å². The fourth-order valence-corrected chi connectivity index (χ4v) is 5.46. The molecule has 2 unspecified atom stereocenters. The molecule has 2 atom stereocenters. The Bertz CT molecular complexity index is 796. The Balaban J connectivity index is 1.56. The molecule has 0 bridgehead atoms. The molecular formula is C21H33N3O4S. The third-order valence-corrected chi connectivity index (χ3v) is 7.18. The number of likely N-dealkylation sites (tertiary alicyclic amines) is 1. The van der Waals surface area contributed by atoms with E-state index in [0.717, 1.165) is 32.5 Å². The molecule has 2 saturated heterocycles. The number of hydrogen-bond acceptors (Lipinski definition) is 5. The molecule has 0 spiro atoms. The van der Waals surface area contributed by atoms with Crippen LogP contribution in [0.3, 0.4) is 0 Å². The third-order valence-electron chi connectivity index (χ3n) is 5.64. The van der Waals surface area contributed by atoms with Gasteiger partial charge >= 0.3 is 0 Å². The number of piperidine rings is 1. The van der Waals surface area contributed by atoms with E-state index in [1.807, 2.05) is 4.90 Å². The van der Waals surface area contributed by atoms with Crippen LogP contribution < -0.4 is 4.72 Å². The third kappa shape index (κ3) is 5.78. The highest BCUT2D eigenvalue weighted by Gasteiger charge is 2.28. The summed E-state index contributed by atoms with van der Waals surface area (Å²) in [7, 11) is -3.57. The standard InChI is InChI=1S/C21H33N3O4S/c1-4-22-29(26,27)20-7-5-6-19(12-20)21(25)24-10-8-18(9-11-24)15-23-13-16(2)28-17(3)14-23/h5-7,12,16-18,22H,4,8-11,13-15H2,1-3H3. The van der Waals surface area contributed by atoms with Crippen molar-refractivity contribution in [3.05, 3.63) is 29.8 Å². The van der Waals surface area contributed by atoms with Crippen molar-refractivity contribution in [2.45, 2.75) is 50.7 Å². The van der Waals surface area contributed by atoms with Gasteiger partial charge in [0, 0.05) is 44.8 Å². The van der Waals surface area contributed by atoms with Crippen LogP contribution in [0.4, 0.5) is 0 Å². The summed E-state index contributed by atoms with van der Waals surface area (Å²) in [6, 6.07) is 6.31. The molecule has 1 N–H and O–H groups in total. The van der Waals surface area contributed by atoms with Gasteiger partial charge in [0.05, 0.1) is 17.1 Å². The lowest BCUT2D eigenvalue weighted by atomic mass is 9.95. The van der Waals surface area contributed by atoms with Crippen LogP contribution >= 0.6 is 0 Å². The Hall–Kier alpha value is -1.48. The summed E-state index contributed by atoms with van der Waals surface area (Å²) < 4.78 is 32.7. The number of nitrogens with one attached hydrogen (secondary N) is 1. The quantitative estimate of drug-likeness (QED) is 0.757. The lowest BCUT2D eigenvalue weighted by Crippen LogP contribution is -2.48. The largest absolute Gasteiger partial charge is 0.373 e. The van der Waals surface area contributed by atoms with E-state index in [1.54, 1.807) is 19.1 Å². The fourth-order valence-electron chi connectivity index (χ4n) is 4.37. The molecule has 1 aromatic carbocycles. The van der Waals surface area contributed by atoms with Gasteiger partial charge < -0.3 is 9.64 Å². The molecule has 29 heavy (non-hydrogen) atoms. The number of carbonyl (C=O) groups is 1. The van der Waals surface area contributed by atoms with E-state index in [4.69, 9.17) is 4.74 Å². The molecule has 2 aliphatic rings. The predicted octanol–water partition coefficient (Wildman–Crippen LogP) is 1.95. The van der Waals surface area contributed by atoms with Gasteiger partial charge in [0.15, 0.2) is 0 Å². The van der Waals surface area contributed by atoms with Crippen LogP contribution in [0.15, 0.2) is 29.2 Å². The van der Waals surface area contributed by atoms with Crippen molar-refractivity contribution >= 4 is 15.9 Å². The van der Waals surface area contributed by atoms with Crippen molar-refractivity contribution in [2.24, 2.45) is 5.92 Å². The molecule has 2 heterocycles. The Morgan fingerprint density at radius 2 is 1.83 bits per heavy atom. The number of amides is 1. The van der Waals surface area contributed by atoms with Crippen LogP contribution in [0.1, 0.15) is 44.0 Å². The maximum absolute atomic E-state index is 12.9. The number of benzene rings is 1. The van der Waals surface area contributed by atoms with E-state index in [1.165, 1.54) is 12.1 Å². The molecular weight excluding hydrogens is 390 g/mol. The first kappa shape index (κ1) is 22.2. The minimum atomic E-state index is -3.57. The summed E-state index contributed by atoms with van der Waals surface area (Å²) >= 11 is 0. The molecule has 3 rings (SSSR count). The van der Waals surface area contributed by atoms with Crippen molar-refractivity contribution in [2.75, 3.05) is 39.3 Å². The lowest BCUT2D eigenvalue weighted by molar-refractivity contribution is -0.0728. The van der Waals surface area contributed by atoms with Crippen molar-refractivity contribution in [3.8, 4) is 0 Å².